The third-order valence-electron chi connectivity index (χ3n) is 2.40. The smallest absolute Gasteiger partial charge is 0.167 e. The number of ether oxygens (including phenoxy) is 2. The highest BCUT2D eigenvalue weighted by Gasteiger charge is 2.11. The topological polar surface area (TPSA) is 44.5 Å². The number of rotatable bonds is 3. The van der Waals surface area contributed by atoms with Gasteiger partial charge in [-0.3, -0.25) is 0 Å². The van der Waals surface area contributed by atoms with Gasteiger partial charge in [0.2, 0.25) is 0 Å². The molecule has 0 unspecified atom stereocenters. The summed E-state index contributed by atoms with van der Waals surface area (Å²) in [7, 11) is 1.32. The molecule has 0 fully saturated rings. The van der Waals surface area contributed by atoms with Gasteiger partial charge < -0.3 is 15.2 Å². The Bertz CT molecular complexity index is 620. The van der Waals surface area contributed by atoms with Gasteiger partial charge in [0, 0.05) is 18.2 Å². The molecular weight excluding hydrogens is 276 g/mol. The second kappa shape index (κ2) is 5.32. The maximum absolute atomic E-state index is 13.3. The molecule has 19 heavy (non-hydrogen) atoms. The van der Waals surface area contributed by atoms with Crippen LogP contribution in [0.3, 0.4) is 0 Å². The molecule has 2 aromatic carbocycles. The second-order valence-electron chi connectivity index (χ2n) is 3.70. The number of methoxy groups -OCH3 is 1. The number of hydrogen-bond acceptors (Lipinski definition) is 3. The van der Waals surface area contributed by atoms with E-state index in [0.29, 0.717) is 0 Å². The Morgan fingerprint density at radius 3 is 2.42 bits per heavy atom. The maximum atomic E-state index is 13.3. The van der Waals surface area contributed by atoms with E-state index in [4.69, 9.17) is 26.8 Å². The number of halogens is 3. The van der Waals surface area contributed by atoms with Crippen LogP contribution in [0.15, 0.2) is 30.3 Å². The van der Waals surface area contributed by atoms with E-state index in [1.54, 1.807) is 0 Å². The van der Waals surface area contributed by atoms with E-state index in [2.05, 4.69) is 0 Å². The van der Waals surface area contributed by atoms with E-state index in [0.717, 1.165) is 12.1 Å². The second-order valence-corrected chi connectivity index (χ2v) is 4.11. The largest absolute Gasteiger partial charge is 0.494 e. The molecule has 0 spiro atoms. The van der Waals surface area contributed by atoms with Crippen molar-refractivity contribution in [1.29, 1.82) is 0 Å². The van der Waals surface area contributed by atoms with Gasteiger partial charge in [-0.1, -0.05) is 11.6 Å². The molecule has 100 valence electrons. The van der Waals surface area contributed by atoms with Gasteiger partial charge in [-0.05, 0) is 12.1 Å². The Morgan fingerprint density at radius 1 is 1.05 bits per heavy atom. The van der Waals surface area contributed by atoms with Gasteiger partial charge in [0.25, 0.3) is 0 Å². The summed E-state index contributed by atoms with van der Waals surface area (Å²) < 4.78 is 36.8. The summed E-state index contributed by atoms with van der Waals surface area (Å²) in [6, 6.07) is 6.29. The van der Waals surface area contributed by atoms with Crippen molar-refractivity contribution in [1.82, 2.24) is 0 Å². The molecule has 0 saturated carbocycles. The first-order chi connectivity index (χ1) is 9.01. The normalized spacial score (nSPS) is 10.3. The van der Waals surface area contributed by atoms with Crippen LogP contribution in [0.5, 0.6) is 17.2 Å². The standard InChI is InChI=1S/C13H10ClF2NO2/c1-18-12-6-13(11(17)5-10(12)16)19-7-2-3-8(14)9(15)4-7/h2-6H,17H2,1H3. The summed E-state index contributed by atoms with van der Waals surface area (Å²) >= 11 is 5.56. The molecule has 6 heteroatoms. The van der Waals surface area contributed by atoms with Crippen molar-refractivity contribution in [3.05, 3.63) is 47.0 Å². The molecule has 0 aromatic heterocycles. The molecule has 0 aliphatic carbocycles. The van der Waals surface area contributed by atoms with Gasteiger partial charge >= 0.3 is 0 Å². The predicted molar refractivity (Wildman–Crippen MR) is 68.8 cm³/mol. The Balaban J connectivity index is 2.34. The number of anilines is 1. The molecule has 2 aromatic rings. The first-order valence-electron chi connectivity index (χ1n) is 5.27. The predicted octanol–water partition coefficient (Wildman–Crippen LogP) is 4.00. The Kier molecular flexibility index (Phi) is 3.76. The summed E-state index contributed by atoms with van der Waals surface area (Å²) in [6.07, 6.45) is 0. The van der Waals surface area contributed by atoms with Crippen molar-refractivity contribution < 1.29 is 18.3 Å². The fraction of sp³-hybridized carbons (Fsp3) is 0.0769. The molecule has 0 aliphatic rings. The lowest BCUT2D eigenvalue weighted by Crippen LogP contribution is -1.96. The van der Waals surface area contributed by atoms with E-state index in [-0.39, 0.29) is 28.0 Å². The van der Waals surface area contributed by atoms with Gasteiger partial charge in [-0.15, -0.1) is 0 Å². The number of nitrogens with two attached hydrogens (primary N) is 1. The summed E-state index contributed by atoms with van der Waals surface area (Å²) in [6.45, 7) is 0. The summed E-state index contributed by atoms with van der Waals surface area (Å²) in [4.78, 5) is 0. The van der Waals surface area contributed by atoms with Gasteiger partial charge in [0.15, 0.2) is 17.3 Å². The van der Waals surface area contributed by atoms with Crippen LogP contribution in [-0.2, 0) is 0 Å². The number of benzene rings is 2. The maximum Gasteiger partial charge on any atom is 0.167 e. The lowest BCUT2D eigenvalue weighted by Gasteiger charge is -2.11. The zero-order chi connectivity index (χ0) is 14.0. The van der Waals surface area contributed by atoms with Crippen LogP contribution < -0.4 is 15.2 Å². The molecule has 2 rings (SSSR count). The van der Waals surface area contributed by atoms with Gasteiger partial charge in [-0.2, -0.15) is 0 Å². The SMILES string of the molecule is COc1cc(Oc2ccc(Cl)c(F)c2)c(N)cc1F. The lowest BCUT2D eigenvalue weighted by molar-refractivity contribution is 0.382. The average Bonchev–Trinajstić information content (AvgIpc) is 2.37. The minimum absolute atomic E-state index is 0.0152. The summed E-state index contributed by atoms with van der Waals surface area (Å²) in [5.41, 5.74) is 5.70. The molecule has 2 N–H and O–H groups in total. The lowest BCUT2D eigenvalue weighted by atomic mass is 10.2. The minimum Gasteiger partial charge on any atom is -0.494 e. The van der Waals surface area contributed by atoms with E-state index in [1.165, 1.54) is 25.3 Å². The fourth-order valence-electron chi connectivity index (χ4n) is 1.46. The Morgan fingerprint density at radius 2 is 1.79 bits per heavy atom. The van der Waals surface area contributed by atoms with E-state index in [1.807, 2.05) is 0 Å². The number of nitrogen functional groups attached to an aromatic ring is 1. The Labute approximate surface area is 113 Å². The van der Waals surface area contributed by atoms with Gasteiger partial charge in [-0.25, -0.2) is 8.78 Å². The van der Waals surface area contributed by atoms with Crippen LogP contribution in [0.2, 0.25) is 5.02 Å². The van der Waals surface area contributed by atoms with E-state index in [9.17, 15) is 8.78 Å². The van der Waals surface area contributed by atoms with Crippen LogP contribution in [0, 0.1) is 11.6 Å². The highest BCUT2D eigenvalue weighted by molar-refractivity contribution is 6.30. The monoisotopic (exact) mass is 285 g/mol. The summed E-state index contributed by atoms with van der Waals surface area (Å²) in [5.74, 6) is -0.873. The van der Waals surface area contributed by atoms with Crippen LogP contribution in [0.25, 0.3) is 0 Å². The molecule has 0 heterocycles. The molecule has 0 amide bonds. The van der Waals surface area contributed by atoms with E-state index < -0.39 is 11.6 Å². The van der Waals surface area contributed by atoms with Crippen molar-refractivity contribution in [3.63, 3.8) is 0 Å². The molecule has 0 saturated heterocycles. The molecular formula is C13H10ClF2NO2. The van der Waals surface area contributed by atoms with E-state index >= 15 is 0 Å². The zero-order valence-corrected chi connectivity index (χ0v) is 10.7. The molecule has 3 nitrogen and oxygen atoms in total. The van der Waals surface area contributed by atoms with Crippen LogP contribution in [0.4, 0.5) is 14.5 Å². The molecule has 0 aliphatic heterocycles. The van der Waals surface area contributed by atoms with Gasteiger partial charge in [0.05, 0.1) is 17.8 Å². The van der Waals surface area contributed by atoms with Crippen LogP contribution in [-0.4, -0.2) is 7.11 Å². The van der Waals surface area contributed by atoms with Crippen molar-refractivity contribution >= 4 is 17.3 Å². The Hall–Kier alpha value is -2.01. The molecule has 0 radical (unpaired) electrons. The van der Waals surface area contributed by atoms with Crippen molar-refractivity contribution in [3.8, 4) is 17.2 Å². The van der Waals surface area contributed by atoms with Crippen molar-refractivity contribution in [2.24, 2.45) is 0 Å². The molecule has 0 atom stereocenters. The van der Waals surface area contributed by atoms with Crippen LogP contribution >= 0.6 is 11.6 Å². The first kappa shape index (κ1) is 13.4. The van der Waals surface area contributed by atoms with Crippen LogP contribution in [0.1, 0.15) is 0 Å². The quantitative estimate of drug-likeness (QED) is 0.867. The average molecular weight is 286 g/mol. The minimum atomic E-state index is -0.619. The highest BCUT2D eigenvalue weighted by atomic mass is 35.5. The third kappa shape index (κ3) is 2.88. The fourth-order valence-corrected chi connectivity index (χ4v) is 1.58. The molecule has 0 bridgehead atoms. The summed E-state index contributed by atoms with van der Waals surface area (Å²) in [5, 5.41) is -0.0167. The van der Waals surface area contributed by atoms with Crippen molar-refractivity contribution in [2.45, 2.75) is 0 Å². The zero-order valence-electron chi connectivity index (χ0n) is 9.91. The van der Waals surface area contributed by atoms with Crippen molar-refractivity contribution in [2.75, 3.05) is 12.8 Å². The first-order valence-corrected chi connectivity index (χ1v) is 5.65. The third-order valence-corrected chi connectivity index (χ3v) is 2.71. The highest BCUT2D eigenvalue weighted by Crippen LogP contribution is 2.34. The van der Waals surface area contributed by atoms with Gasteiger partial charge in [0.1, 0.15) is 11.6 Å². The number of hydrogen-bond donors (Lipinski definition) is 1.